The molecule has 0 spiro atoms. The van der Waals surface area contributed by atoms with Crippen molar-refractivity contribution < 1.29 is 0 Å². The number of hydrogen-bond donors (Lipinski definition) is 1. The maximum absolute atomic E-state index is 3.57. The van der Waals surface area contributed by atoms with Crippen molar-refractivity contribution in [2.45, 2.75) is 26.3 Å². The fourth-order valence-electron chi connectivity index (χ4n) is 1.52. The third kappa shape index (κ3) is 4.80. The third-order valence-corrected chi connectivity index (χ3v) is 3.33. The molecule has 0 aliphatic rings. The van der Waals surface area contributed by atoms with E-state index in [-0.39, 0.29) is 0 Å². The van der Waals surface area contributed by atoms with Gasteiger partial charge < -0.3 is 5.32 Å². The van der Waals surface area contributed by atoms with Crippen LogP contribution in [0, 0.1) is 5.92 Å². The Morgan fingerprint density at radius 1 is 1.20 bits per heavy atom. The summed E-state index contributed by atoms with van der Waals surface area (Å²) in [5.74, 6) is 0.681. The van der Waals surface area contributed by atoms with Gasteiger partial charge in [0.1, 0.15) is 0 Å². The summed E-state index contributed by atoms with van der Waals surface area (Å²) < 4.78 is 0. The minimum absolute atomic E-state index is 0.578. The molecule has 0 bridgehead atoms. The van der Waals surface area contributed by atoms with Crippen molar-refractivity contribution in [2.75, 3.05) is 11.9 Å². The zero-order valence-electron chi connectivity index (χ0n) is 9.54. The summed E-state index contributed by atoms with van der Waals surface area (Å²) in [4.78, 5) is 0. The Bertz CT molecular complexity index is 258. The predicted octanol–water partition coefficient (Wildman–Crippen LogP) is 3.24. The number of hydrogen-bond acceptors (Lipinski definition) is 1. The van der Waals surface area contributed by atoms with Gasteiger partial charge in [-0.15, -0.1) is 0 Å². The topological polar surface area (TPSA) is 12.0 Å². The molecular formula is C13H20BrN. The molecule has 0 fully saturated rings. The number of rotatable bonds is 6. The first kappa shape index (κ1) is 12.7. The summed E-state index contributed by atoms with van der Waals surface area (Å²) in [6, 6.07) is 11.2. The van der Waals surface area contributed by atoms with Crippen molar-refractivity contribution >= 4 is 15.9 Å². The van der Waals surface area contributed by atoms with Crippen LogP contribution in [-0.4, -0.2) is 17.9 Å². The van der Waals surface area contributed by atoms with Crippen LogP contribution in [0.3, 0.4) is 0 Å². The average Bonchev–Trinajstić information content (AvgIpc) is 2.25. The highest BCUT2D eigenvalue weighted by Crippen LogP contribution is 2.05. The second kappa shape index (κ2) is 7.02. The van der Waals surface area contributed by atoms with Gasteiger partial charge >= 0.3 is 0 Å². The fraction of sp³-hybridized carbons (Fsp3) is 0.538. The van der Waals surface area contributed by atoms with E-state index in [2.05, 4.69) is 65.4 Å². The molecule has 1 nitrogen and oxygen atoms in total. The van der Waals surface area contributed by atoms with E-state index < -0.39 is 0 Å². The molecule has 1 N–H and O–H groups in total. The Morgan fingerprint density at radius 3 is 2.40 bits per heavy atom. The van der Waals surface area contributed by atoms with E-state index in [0.717, 1.165) is 18.3 Å². The van der Waals surface area contributed by atoms with E-state index in [1.165, 1.54) is 5.56 Å². The molecule has 1 unspecified atom stereocenters. The van der Waals surface area contributed by atoms with E-state index >= 15 is 0 Å². The van der Waals surface area contributed by atoms with E-state index in [1.54, 1.807) is 0 Å². The second-order valence-corrected chi connectivity index (χ2v) is 4.84. The molecule has 15 heavy (non-hydrogen) atoms. The molecule has 0 saturated heterocycles. The summed E-state index contributed by atoms with van der Waals surface area (Å²) in [6.07, 6.45) is 1.11. The molecule has 1 atom stereocenters. The zero-order valence-corrected chi connectivity index (χ0v) is 11.1. The molecule has 0 radical (unpaired) electrons. The number of nitrogens with one attached hydrogen (secondary N) is 1. The predicted molar refractivity (Wildman–Crippen MR) is 70.6 cm³/mol. The van der Waals surface area contributed by atoms with E-state index in [1.807, 2.05) is 0 Å². The molecule has 1 rings (SSSR count). The van der Waals surface area contributed by atoms with Crippen LogP contribution in [0.1, 0.15) is 19.4 Å². The van der Waals surface area contributed by atoms with E-state index in [9.17, 15) is 0 Å². The van der Waals surface area contributed by atoms with Crippen molar-refractivity contribution in [3.8, 4) is 0 Å². The van der Waals surface area contributed by atoms with Gasteiger partial charge in [0.05, 0.1) is 0 Å². The van der Waals surface area contributed by atoms with Gasteiger partial charge in [-0.2, -0.15) is 0 Å². The zero-order chi connectivity index (χ0) is 11.1. The Kier molecular flexibility index (Phi) is 5.96. The van der Waals surface area contributed by atoms with Crippen LogP contribution in [-0.2, 0) is 6.42 Å². The monoisotopic (exact) mass is 269 g/mol. The molecule has 1 aromatic rings. The quantitative estimate of drug-likeness (QED) is 0.782. The minimum atomic E-state index is 0.578. The van der Waals surface area contributed by atoms with Gasteiger partial charge in [-0.25, -0.2) is 0 Å². The lowest BCUT2D eigenvalue weighted by molar-refractivity contribution is 0.438. The van der Waals surface area contributed by atoms with Crippen LogP contribution >= 0.6 is 15.9 Å². The van der Waals surface area contributed by atoms with E-state index in [0.29, 0.717) is 12.0 Å². The molecule has 1 aromatic carbocycles. The van der Waals surface area contributed by atoms with Crippen molar-refractivity contribution in [1.29, 1.82) is 0 Å². The maximum atomic E-state index is 3.57. The lowest BCUT2D eigenvalue weighted by atomic mass is 10.1. The van der Waals surface area contributed by atoms with Crippen LogP contribution in [0.5, 0.6) is 0 Å². The highest BCUT2D eigenvalue weighted by atomic mass is 79.9. The van der Waals surface area contributed by atoms with Gasteiger partial charge in [-0.3, -0.25) is 0 Å². The summed E-state index contributed by atoms with van der Waals surface area (Å²) in [6.45, 7) is 5.56. The normalized spacial score (nSPS) is 13.1. The van der Waals surface area contributed by atoms with E-state index in [4.69, 9.17) is 0 Å². The fourth-order valence-corrected chi connectivity index (χ4v) is 2.49. The molecule has 0 aliphatic heterocycles. The lowest BCUT2D eigenvalue weighted by Gasteiger charge is -2.19. The summed E-state index contributed by atoms with van der Waals surface area (Å²) in [5.41, 5.74) is 1.40. The third-order valence-electron chi connectivity index (χ3n) is 2.63. The van der Waals surface area contributed by atoms with Crippen molar-refractivity contribution in [3.63, 3.8) is 0 Å². The van der Waals surface area contributed by atoms with Crippen LogP contribution in [0.4, 0.5) is 0 Å². The first-order valence-corrected chi connectivity index (χ1v) is 6.69. The molecule has 0 amide bonds. The molecule has 0 saturated carbocycles. The number of halogens is 1. The minimum Gasteiger partial charge on any atom is -0.313 e. The van der Waals surface area contributed by atoms with Gasteiger partial charge in [0, 0.05) is 11.4 Å². The van der Waals surface area contributed by atoms with Crippen molar-refractivity contribution in [2.24, 2.45) is 5.92 Å². The highest BCUT2D eigenvalue weighted by molar-refractivity contribution is 9.09. The number of alkyl halides is 1. The molecule has 0 aromatic heterocycles. The summed E-state index contributed by atoms with van der Waals surface area (Å²) in [7, 11) is 0. The Labute approximate surface area is 101 Å². The van der Waals surface area contributed by atoms with Crippen molar-refractivity contribution in [3.05, 3.63) is 35.9 Å². The highest BCUT2D eigenvalue weighted by Gasteiger charge is 2.09. The van der Waals surface area contributed by atoms with Crippen molar-refractivity contribution in [1.82, 2.24) is 5.32 Å². The molecular weight excluding hydrogens is 250 g/mol. The Balaban J connectivity index is 2.27. The van der Waals surface area contributed by atoms with Crippen LogP contribution in [0.15, 0.2) is 30.3 Å². The van der Waals surface area contributed by atoms with Gasteiger partial charge in [-0.1, -0.05) is 60.1 Å². The summed E-state index contributed by atoms with van der Waals surface area (Å²) in [5, 5.41) is 4.60. The van der Waals surface area contributed by atoms with Gasteiger partial charge in [0.15, 0.2) is 0 Å². The number of benzene rings is 1. The van der Waals surface area contributed by atoms with Crippen LogP contribution < -0.4 is 5.32 Å². The Hall–Kier alpha value is -0.340. The second-order valence-electron chi connectivity index (χ2n) is 4.19. The molecule has 0 heterocycles. The summed E-state index contributed by atoms with van der Waals surface area (Å²) >= 11 is 3.54. The standard InChI is InChI=1S/C13H20BrN/c1-11(2)13(10-14)15-9-8-12-6-4-3-5-7-12/h3-7,11,13,15H,8-10H2,1-2H3. The molecule has 0 aliphatic carbocycles. The van der Waals surface area contributed by atoms with Crippen LogP contribution in [0.2, 0.25) is 0 Å². The van der Waals surface area contributed by atoms with Crippen LogP contribution in [0.25, 0.3) is 0 Å². The largest absolute Gasteiger partial charge is 0.313 e. The maximum Gasteiger partial charge on any atom is 0.0188 e. The first-order chi connectivity index (χ1) is 7.24. The lowest BCUT2D eigenvalue weighted by Crippen LogP contribution is -2.36. The van der Waals surface area contributed by atoms with Gasteiger partial charge in [0.25, 0.3) is 0 Å². The Morgan fingerprint density at radius 2 is 1.87 bits per heavy atom. The molecule has 84 valence electrons. The average molecular weight is 270 g/mol. The van der Waals surface area contributed by atoms with Gasteiger partial charge in [-0.05, 0) is 24.4 Å². The smallest absolute Gasteiger partial charge is 0.0188 e. The molecule has 2 heteroatoms. The van der Waals surface area contributed by atoms with Gasteiger partial charge in [0.2, 0.25) is 0 Å². The first-order valence-electron chi connectivity index (χ1n) is 5.57. The SMILES string of the molecule is CC(C)C(CBr)NCCc1ccccc1.